The van der Waals surface area contributed by atoms with Gasteiger partial charge in [-0.05, 0) is 16.0 Å². The van der Waals surface area contributed by atoms with Crippen LogP contribution in [0.25, 0.3) is 0 Å². The molecule has 1 aromatic rings. The number of pyridine rings is 1. The molecule has 7 heteroatoms. The highest BCUT2D eigenvalue weighted by molar-refractivity contribution is 9.10. The molecule has 0 N–H and O–H groups in total. The largest absolute Gasteiger partial charge is 0.486 e. The minimum atomic E-state index is -0.566. The Morgan fingerprint density at radius 2 is 2.27 bits per heavy atom. The number of rotatable bonds is 5. The average Bonchev–Trinajstić information content (AvgIpc) is 2.20. The number of halogens is 1. The molecule has 0 atom stereocenters. The highest BCUT2D eigenvalue weighted by Gasteiger charge is 2.13. The molecular formula is C8H9BrN2O4. The fourth-order valence-electron chi connectivity index (χ4n) is 0.856. The molecule has 0 aliphatic carbocycles. The zero-order valence-electron chi connectivity index (χ0n) is 7.97. The molecule has 0 aliphatic rings. The van der Waals surface area contributed by atoms with Gasteiger partial charge in [0.1, 0.15) is 6.61 Å². The zero-order valence-corrected chi connectivity index (χ0v) is 9.56. The maximum atomic E-state index is 10.4. The molecule has 1 heterocycles. The van der Waals surface area contributed by atoms with Gasteiger partial charge < -0.3 is 19.6 Å². The van der Waals surface area contributed by atoms with Crippen molar-refractivity contribution >= 4 is 21.7 Å². The van der Waals surface area contributed by atoms with Gasteiger partial charge in [-0.2, -0.15) is 0 Å². The Hall–Kier alpha value is -1.21. The highest BCUT2D eigenvalue weighted by Crippen LogP contribution is 2.25. The van der Waals surface area contributed by atoms with Crippen LogP contribution in [0.1, 0.15) is 0 Å². The molecule has 6 nitrogen and oxygen atoms in total. The molecule has 1 rings (SSSR count). The Kier molecular flexibility index (Phi) is 4.44. The second-order valence-corrected chi connectivity index (χ2v) is 3.31. The normalized spacial score (nSPS) is 10.0. The first-order chi connectivity index (χ1) is 7.15. The lowest BCUT2D eigenvalue weighted by atomic mass is 10.4. The first-order valence-electron chi connectivity index (χ1n) is 4.08. The molecule has 0 aliphatic heterocycles. The van der Waals surface area contributed by atoms with Gasteiger partial charge in [0.05, 0.1) is 6.61 Å². The van der Waals surface area contributed by atoms with Crippen LogP contribution in [0.5, 0.6) is 5.75 Å². The fraction of sp³-hybridized carbons (Fsp3) is 0.375. The number of methoxy groups -OCH3 is 1. The smallest absolute Gasteiger partial charge is 0.364 e. The van der Waals surface area contributed by atoms with Crippen molar-refractivity contribution in [1.82, 2.24) is 4.98 Å². The van der Waals surface area contributed by atoms with Crippen molar-refractivity contribution in [1.29, 1.82) is 0 Å². The van der Waals surface area contributed by atoms with E-state index in [9.17, 15) is 10.1 Å². The van der Waals surface area contributed by atoms with E-state index in [-0.39, 0.29) is 5.82 Å². The predicted molar refractivity (Wildman–Crippen MR) is 56.0 cm³/mol. The van der Waals surface area contributed by atoms with E-state index >= 15 is 0 Å². The van der Waals surface area contributed by atoms with Crippen molar-refractivity contribution < 1.29 is 14.4 Å². The molecule has 0 radical (unpaired) electrons. The summed E-state index contributed by atoms with van der Waals surface area (Å²) in [6.45, 7) is 0.817. The summed E-state index contributed by atoms with van der Waals surface area (Å²) in [5.74, 6) is 0.235. The summed E-state index contributed by atoms with van der Waals surface area (Å²) in [4.78, 5) is 13.5. The molecule has 0 amide bonds. The van der Waals surface area contributed by atoms with Crippen LogP contribution in [-0.4, -0.2) is 30.2 Å². The van der Waals surface area contributed by atoms with Crippen molar-refractivity contribution in [2.45, 2.75) is 0 Å². The van der Waals surface area contributed by atoms with Gasteiger partial charge in [0, 0.05) is 29.1 Å². The molecule has 15 heavy (non-hydrogen) atoms. The molecule has 0 aromatic carbocycles. The SMILES string of the molecule is COCCOc1ccc([N+](=O)[O-])nc1Br. The minimum Gasteiger partial charge on any atom is -0.486 e. The van der Waals surface area contributed by atoms with E-state index < -0.39 is 4.92 Å². The second kappa shape index (κ2) is 5.62. The third-order valence-electron chi connectivity index (χ3n) is 1.53. The van der Waals surface area contributed by atoms with E-state index in [1.807, 2.05) is 0 Å². The lowest BCUT2D eigenvalue weighted by Gasteiger charge is -2.04. The molecule has 0 saturated heterocycles. The monoisotopic (exact) mass is 276 g/mol. The number of hydrogen-bond donors (Lipinski definition) is 0. The van der Waals surface area contributed by atoms with Gasteiger partial charge in [0.25, 0.3) is 4.60 Å². The summed E-state index contributed by atoms with van der Waals surface area (Å²) in [5.41, 5.74) is 0. The maximum Gasteiger partial charge on any atom is 0.364 e. The Morgan fingerprint density at radius 1 is 1.53 bits per heavy atom. The molecule has 0 unspecified atom stereocenters. The maximum absolute atomic E-state index is 10.4. The van der Waals surface area contributed by atoms with E-state index in [0.29, 0.717) is 23.6 Å². The predicted octanol–water partition coefficient (Wildman–Crippen LogP) is 1.78. The van der Waals surface area contributed by atoms with E-state index in [1.54, 1.807) is 7.11 Å². The average molecular weight is 277 g/mol. The minimum absolute atomic E-state index is 0.221. The van der Waals surface area contributed by atoms with Crippen molar-refractivity contribution in [2.75, 3.05) is 20.3 Å². The standard InChI is InChI=1S/C8H9BrN2O4/c1-14-4-5-15-6-2-3-7(11(12)13)10-8(6)9/h2-3H,4-5H2,1H3. The van der Waals surface area contributed by atoms with Crippen LogP contribution in [0.2, 0.25) is 0 Å². The molecule has 0 bridgehead atoms. The summed E-state index contributed by atoms with van der Waals surface area (Å²) in [6, 6.07) is 2.78. The van der Waals surface area contributed by atoms with Crippen LogP contribution in [0.4, 0.5) is 5.82 Å². The first kappa shape index (κ1) is 11.9. The first-order valence-corrected chi connectivity index (χ1v) is 4.87. The van der Waals surface area contributed by atoms with E-state index in [0.717, 1.165) is 0 Å². The summed E-state index contributed by atoms with van der Waals surface area (Å²) in [6.07, 6.45) is 0. The molecule has 0 spiro atoms. The number of hydrogen-bond acceptors (Lipinski definition) is 5. The van der Waals surface area contributed by atoms with Gasteiger partial charge in [0.2, 0.25) is 0 Å². The molecule has 1 aromatic heterocycles. The van der Waals surface area contributed by atoms with Gasteiger partial charge in [-0.3, -0.25) is 0 Å². The van der Waals surface area contributed by atoms with Crippen LogP contribution in [0.3, 0.4) is 0 Å². The third-order valence-corrected chi connectivity index (χ3v) is 2.10. The zero-order chi connectivity index (χ0) is 11.3. The van der Waals surface area contributed by atoms with Gasteiger partial charge in [-0.1, -0.05) is 0 Å². The topological polar surface area (TPSA) is 74.5 Å². The third kappa shape index (κ3) is 3.45. The quantitative estimate of drug-likeness (QED) is 0.355. The summed E-state index contributed by atoms with van der Waals surface area (Å²) in [7, 11) is 1.56. The van der Waals surface area contributed by atoms with Crippen LogP contribution in [-0.2, 0) is 4.74 Å². The van der Waals surface area contributed by atoms with Crippen molar-refractivity contribution in [3.8, 4) is 5.75 Å². The van der Waals surface area contributed by atoms with Crippen molar-refractivity contribution in [3.05, 3.63) is 26.9 Å². The van der Waals surface area contributed by atoms with Gasteiger partial charge in [-0.25, -0.2) is 0 Å². The van der Waals surface area contributed by atoms with Crippen LogP contribution >= 0.6 is 15.9 Å². The Morgan fingerprint density at radius 3 is 2.80 bits per heavy atom. The number of ether oxygens (including phenoxy) is 2. The van der Waals surface area contributed by atoms with Crippen LogP contribution in [0, 0.1) is 10.1 Å². The fourth-order valence-corrected chi connectivity index (χ4v) is 1.28. The Bertz CT molecular complexity index is 358. The number of nitro groups is 1. The van der Waals surface area contributed by atoms with E-state index in [2.05, 4.69) is 20.9 Å². The Balaban J connectivity index is 2.70. The van der Waals surface area contributed by atoms with Crippen molar-refractivity contribution in [2.24, 2.45) is 0 Å². The van der Waals surface area contributed by atoms with Gasteiger partial charge in [-0.15, -0.1) is 0 Å². The number of nitrogens with zero attached hydrogens (tertiary/aromatic N) is 2. The lowest BCUT2D eigenvalue weighted by molar-refractivity contribution is -0.389. The summed E-state index contributed by atoms with van der Waals surface area (Å²) in [5, 5.41) is 10.4. The second-order valence-electron chi connectivity index (χ2n) is 2.56. The highest BCUT2D eigenvalue weighted by atomic mass is 79.9. The van der Waals surface area contributed by atoms with E-state index in [4.69, 9.17) is 9.47 Å². The molecular weight excluding hydrogens is 268 g/mol. The molecule has 0 fully saturated rings. The van der Waals surface area contributed by atoms with Gasteiger partial charge in [0.15, 0.2) is 5.75 Å². The molecule has 0 saturated carbocycles. The summed E-state index contributed by atoms with van der Waals surface area (Å²) < 4.78 is 10.4. The van der Waals surface area contributed by atoms with E-state index in [1.165, 1.54) is 12.1 Å². The Labute approximate surface area is 94.5 Å². The lowest BCUT2D eigenvalue weighted by Crippen LogP contribution is -2.05. The number of aromatic nitrogens is 1. The van der Waals surface area contributed by atoms with Crippen molar-refractivity contribution in [3.63, 3.8) is 0 Å². The molecule has 82 valence electrons. The van der Waals surface area contributed by atoms with Crippen LogP contribution in [0.15, 0.2) is 16.7 Å². The van der Waals surface area contributed by atoms with Gasteiger partial charge >= 0.3 is 5.82 Å². The summed E-state index contributed by atoms with van der Waals surface area (Å²) >= 11 is 3.09. The van der Waals surface area contributed by atoms with Crippen LogP contribution < -0.4 is 4.74 Å².